The number of carbonyl (C=O) groups is 2. The van der Waals surface area contributed by atoms with Crippen molar-refractivity contribution in [2.24, 2.45) is 0 Å². The predicted molar refractivity (Wildman–Crippen MR) is 163 cm³/mol. The number of fused-ring (bicyclic) bond motifs is 1. The number of hydrogen-bond acceptors (Lipinski definition) is 4. The molecule has 0 aliphatic heterocycles. The van der Waals surface area contributed by atoms with Crippen LogP contribution in [0.1, 0.15) is 67.0 Å². The average molecular weight is 561 g/mol. The molecule has 3 aromatic rings. The van der Waals surface area contributed by atoms with Gasteiger partial charge in [0.2, 0.25) is 0 Å². The van der Waals surface area contributed by atoms with Gasteiger partial charge in [-0.3, -0.25) is 9.59 Å². The van der Waals surface area contributed by atoms with Crippen LogP contribution in [-0.4, -0.2) is 17.3 Å². The van der Waals surface area contributed by atoms with Crippen LogP contribution in [0, 0.1) is 19.7 Å². The highest BCUT2D eigenvalue weighted by Gasteiger charge is 2.31. The fourth-order valence-corrected chi connectivity index (χ4v) is 6.30. The molecule has 0 radical (unpaired) electrons. The van der Waals surface area contributed by atoms with Gasteiger partial charge in [0, 0.05) is 22.3 Å². The highest BCUT2D eigenvalue weighted by Crippen LogP contribution is 2.44. The lowest BCUT2D eigenvalue weighted by Gasteiger charge is -2.28. The van der Waals surface area contributed by atoms with Gasteiger partial charge in [0.25, 0.3) is 0 Å². The van der Waals surface area contributed by atoms with Crippen LogP contribution < -0.4 is 4.74 Å². The molecule has 0 heterocycles. The maximum Gasteiger partial charge on any atom is 0.315 e. The van der Waals surface area contributed by atoms with E-state index in [2.05, 4.69) is 43.0 Å². The maximum atomic E-state index is 14.4. The zero-order chi connectivity index (χ0) is 28.5. The Morgan fingerprint density at radius 1 is 1.00 bits per heavy atom. The first-order chi connectivity index (χ1) is 18.4. The standard InChI is InChI=1S/C33H33FO3S2/c1-19-13-20(2)32(33(4,5)18-31(36)38)29(14-19)37-30(35)17-27-21(3)26(25-12-9-23(34)16-28(25)27)15-22-7-10-24(39-6)11-8-22/h7-16H,17-18H2,1-6H3,(H,36,38)/b26-15-. The molecule has 39 heavy (non-hydrogen) atoms. The summed E-state index contributed by atoms with van der Waals surface area (Å²) in [4.78, 5) is 26.5. The number of allylic oxidation sites excluding steroid dienone is 2. The van der Waals surface area contributed by atoms with E-state index >= 15 is 0 Å². The van der Waals surface area contributed by atoms with Crippen molar-refractivity contribution in [3.63, 3.8) is 0 Å². The van der Waals surface area contributed by atoms with E-state index in [1.807, 2.05) is 53.0 Å². The summed E-state index contributed by atoms with van der Waals surface area (Å²) in [6.07, 6.45) is 4.31. The molecule has 0 amide bonds. The summed E-state index contributed by atoms with van der Waals surface area (Å²) in [5.41, 5.74) is 7.39. The van der Waals surface area contributed by atoms with E-state index in [4.69, 9.17) is 4.74 Å². The molecule has 0 spiro atoms. The molecule has 202 valence electrons. The number of benzene rings is 3. The van der Waals surface area contributed by atoms with Crippen LogP contribution in [0.2, 0.25) is 0 Å². The third-order valence-corrected chi connectivity index (χ3v) is 8.04. The molecular weight excluding hydrogens is 527 g/mol. The zero-order valence-electron chi connectivity index (χ0n) is 23.1. The van der Waals surface area contributed by atoms with Gasteiger partial charge in [0.05, 0.1) is 6.42 Å². The molecule has 6 heteroatoms. The Hall–Kier alpha value is -3.09. The number of hydrogen-bond donors (Lipinski definition) is 1. The average Bonchev–Trinajstić information content (AvgIpc) is 3.08. The first-order valence-corrected chi connectivity index (χ1v) is 14.5. The van der Waals surface area contributed by atoms with Crippen molar-refractivity contribution >= 4 is 52.7 Å². The largest absolute Gasteiger partial charge is 0.426 e. The van der Waals surface area contributed by atoms with Gasteiger partial charge in [-0.1, -0.05) is 38.1 Å². The highest BCUT2D eigenvalue weighted by atomic mass is 32.2. The number of thioether (sulfide) groups is 1. The molecule has 0 saturated carbocycles. The van der Waals surface area contributed by atoms with Crippen molar-refractivity contribution in [1.29, 1.82) is 0 Å². The summed E-state index contributed by atoms with van der Waals surface area (Å²) < 4.78 is 20.4. The summed E-state index contributed by atoms with van der Waals surface area (Å²) in [5.74, 6) is -0.352. The van der Waals surface area contributed by atoms with Crippen LogP contribution in [0.3, 0.4) is 0 Å². The van der Waals surface area contributed by atoms with E-state index in [0.717, 1.165) is 44.5 Å². The third-order valence-electron chi connectivity index (χ3n) is 7.14. The number of thiol groups is 1. The van der Waals surface area contributed by atoms with Crippen LogP contribution in [0.5, 0.6) is 5.75 Å². The lowest BCUT2D eigenvalue weighted by atomic mass is 9.78. The summed E-state index contributed by atoms with van der Waals surface area (Å²) in [6.45, 7) is 9.75. The first-order valence-electron chi connectivity index (χ1n) is 12.8. The van der Waals surface area contributed by atoms with E-state index in [1.165, 1.54) is 17.0 Å². The molecule has 0 saturated heterocycles. The molecule has 0 N–H and O–H groups in total. The van der Waals surface area contributed by atoms with Crippen LogP contribution in [-0.2, 0) is 15.0 Å². The van der Waals surface area contributed by atoms with Gasteiger partial charge in [0.1, 0.15) is 11.6 Å². The molecular formula is C33H33FO3S2. The topological polar surface area (TPSA) is 43.4 Å². The molecule has 1 aliphatic carbocycles. The molecule has 1 aliphatic rings. The number of halogens is 1. The fraction of sp³-hybridized carbons (Fsp3) is 0.273. The lowest BCUT2D eigenvalue weighted by molar-refractivity contribution is -0.133. The highest BCUT2D eigenvalue weighted by molar-refractivity contribution is 7.98. The van der Waals surface area contributed by atoms with Crippen LogP contribution >= 0.6 is 24.4 Å². The Morgan fingerprint density at radius 2 is 1.69 bits per heavy atom. The second-order valence-electron chi connectivity index (χ2n) is 10.7. The number of ether oxygens (including phenoxy) is 1. The number of carbonyl (C=O) groups excluding carboxylic acids is 2. The van der Waals surface area contributed by atoms with Gasteiger partial charge in [-0.25, -0.2) is 4.39 Å². The quantitative estimate of drug-likeness (QED) is 0.130. The summed E-state index contributed by atoms with van der Waals surface area (Å²) in [5, 5.41) is -0.231. The molecule has 4 rings (SSSR count). The number of aryl methyl sites for hydroxylation is 2. The second-order valence-corrected chi connectivity index (χ2v) is 12.1. The normalized spacial score (nSPS) is 14.1. The van der Waals surface area contributed by atoms with Gasteiger partial charge in [-0.15, -0.1) is 24.4 Å². The van der Waals surface area contributed by atoms with Gasteiger partial charge in [0.15, 0.2) is 5.12 Å². The molecule has 0 unspecified atom stereocenters. The summed E-state index contributed by atoms with van der Waals surface area (Å²) in [7, 11) is 0. The van der Waals surface area contributed by atoms with Crippen molar-refractivity contribution in [3.8, 4) is 5.75 Å². The van der Waals surface area contributed by atoms with E-state index in [0.29, 0.717) is 11.3 Å². The van der Waals surface area contributed by atoms with Crippen LogP contribution in [0.4, 0.5) is 4.39 Å². The molecule has 0 aromatic heterocycles. The molecule has 0 fully saturated rings. The lowest BCUT2D eigenvalue weighted by Crippen LogP contribution is -2.23. The van der Waals surface area contributed by atoms with E-state index < -0.39 is 11.4 Å². The van der Waals surface area contributed by atoms with Crippen LogP contribution in [0.15, 0.2) is 65.1 Å². The Bertz CT molecular complexity index is 1510. The number of esters is 1. The van der Waals surface area contributed by atoms with Crippen LogP contribution in [0.25, 0.3) is 17.2 Å². The first kappa shape index (κ1) is 28.9. The minimum atomic E-state index is -0.577. The molecule has 3 aromatic carbocycles. The van der Waals surface area contributed by atoms with Gasteiger partial charge < -0.3 is 4.74 Å². The Labute approximate surface area is 240 Å². The molecule has 0 atom stereocenters. The number of rotatable bonds is 8. The minimum absolute atomic E-state index is 0.0105. The molecule has 3 nitrogen and oxygen atoms in total. The fourth-order valence-electron chi connectivity index (χ4n) is 5.49. The Balaban J connectivity index is 1.70. The Kier molecular flexibility index (Phi) is 8.57. The maximum absolute atomic E-state index is 14.4. The van der Waals surface area contributed by atoms with Crippen molar-refractivity contribution < 1.29 is 18.7 Å². The van der Waals surface area contributed by atoms with E-state index in [1.54, 1.807) is 17.8 Å². The third kappa shape index (κ3) is 6.39. The van der Waals surface area contributed by atoms with E-state index in [9.17, 15) is 14.0 Å². The molecule has 0 bridgehead atoms. The SMILES string of the molecule is CSc1ccc(/C=C2/C(C)=C(CC(=O)Oc3cc(C)cc(C)c3C(C)(C)CC(=O)S)c3cc(F)ccc32)cc1. The second kappa shape index (κ2) is 11.6. The predicted octanol–water partition coefficient (Wildman–Crippen LogP) is 8.61. The Morgan fingerprint density at radius 3 is 2.33 bits per heavy atom. The van der Waals surface area contributed by atoms with Gasteiger partial charge >= 0.3 is 5.97 Å². The smallest absolute Gasteiger partial charge is 0.315 e. The van der Waals surface area contributed by atoms with E-state index in [-0.39, 0.29) is 23.8 Å². The monoisotopic (exact) mass is 560 g/mol. The van der Waals surface area contributed by atoms with Gasteiger partial charge in [-0.05, 0) is 108 Å². The van der Waals surface area contributed by atoms with Crippen molar-refractivity contribution in [2.75, 3.05) is 6.26 Å². The van der Waals surface area contributed by atoms with Crippen molar-refractivity contribution in [1.82, 2.24) is 0 Å². The van der Waals surface area contributed by atoms with Crippen molar-refractivity contribution in [2.45, 2.75) is 57.8 Å². The zero-order valence-corrected chi connectivity index (χ0v) is 24.9. The van der Waals surface area contributed by atoms with Crippen molar-refractivity contribution in [3.05, 3.63) is 99.4 Å². The minimum Gasteiger partial charge on any atom is -0.426 e. The summed E-state index contributed by atoms with van der Waals surface area (Å²) >= 11 is 5.67. The van der Waals surface area contributed by atoms with Gasteiger partial charge in [-0.2, -0.15) is 0 Å². The summed E-state index contributed by atoms with van der Waals surface area (Å²) in [6, 6.07) is 16.8.